The van der Waals surface area contributed by atoms with Crippen LogP contribution in [0.4, 0.5) is 5.69 Å². The molecule has 38 heavy (non-hydrogen) atoms. The molecule has 0 saturated heterocycles. The van der Waals surface area contributed by atoms with E-state index in [1.807, 2.05) is 0 Å². The maximum Gasteiger partial charge on any atom is 0.336 e. The molecule has 0 fully saturated rings. The number of nitro benzene ring substituents is 1. The minimum absolute atomic E-state index is 0.0935. The van der Waals surface area contributed by atoms with E-state index in [2.05, 4.69) is 15.7 Å². The van der Waals surface area contributed by atoms with E-state index >= 15 is 0 Å². The Morgan fingerprint density at radius 1 is 1.18 bits per heavy atom. The van der Waals surface area contributed by atoms with Crippen molar-refractivity contribution in [1.82, 2.24) is 15.0 Å². The van der Waals surface area contributed by atoms with Crippen molar-refractivity contribution in [1.29, 1.82) is 0 Å². The van der Waals surface area contributed by atoms with Crippen LogP contribution in [0.5, 0.6) is 0 Å². The first-order chi connectivity index (χ1) is 18.3. The number of benzene rings is 1. The number of carbonyl (C=O) groups excluding carboxylic acids is 3. The van der Waals surface area contributed by atoms with Crippen molar-refractivity contribution in [3.63, 3.8) is 0 Å². The number of nitrogens with one attached hydrogen (secondary N) is 2. The van der Waals surface area contributed by atoms with Gasteiger partial charge >= 0.3 is 11.9 Å². The monoisotopic (exact) mass is 543 g/mol. The zero-order valence-corrected chi connectivity index (χ0v) is 22.1. The van der Waals surface area contributed by atoms with E-state index < -0.39 is 22.8 Å². The molecule has 3 rings (SSSR count). The number of non-ortho nitro benzene ring substituents is 1. The van der Waals surface area contributed by atoms with Crippen LogP contribution in [0, 0.1) is 10.1 Å². The number of nitrogens with zero attached hydrogens (tertiary/aromatic N) is 3. The Kier molecular flexibility index (Phi) is 10.0. The van der Waals surface area contributed by atoms with E-state index in [4.69, 9.17) is 9.47 Å². The number of hydrogen-bond donors (Lipinski definition) is 2. The summed E-state index contributed by atoms with van der Waals surface area (Å²) >= 11 is 1.41. The summed E-state index contributed by atoms with van der Waals surface area (Å²) in [5, 5.41) is 14.6. The van der Waals surface area contributed by atoms with Gasteiger partial charge in [0.25, 0.3) is 5.69 Å². The molecular weight excluding hydrogens is 514 g/mol. The van der Waals surface area contributed by atoms with Crippen molar-refractivity contribution in [2.24, 2.45) is 0 Å². The molecule has 202 valence electrons. The van der Waals surface area contributed by atoms with Crippen LogP contribution in [-0.2, 0) is 23.9 Å². The van der Waals surface area contributed by atoms with Crippen LogP contribution in [0.1, 0.15) is 38.7 Å². The SMILES string of the molecule is CCOC(=O)C1=C(C)NC(CSCCC(=O)Nn2ccnc2)=C(C(=O)OCC)C1c1cccc([N+](=O)[O-])c1. The quantitative estimate of drug-likeness (QED) is 0.177. The lowest BCUT2D eigenvalue weighted by atomic mass is 9.80. The van der Waals surface area contributed by atoms with Crippen molar-refractivity contribution in [2.45, 2.75) is 33.1 Å². The normalized spacial score (nSPS) is 15.1. The molecule has 0 aliphatic carbocycles. The minimum Gasteiger partial charge on any atom is -0.463 e. The molecule has 1 aromatic carbocycles. The predicted molar refractivity (Wildman–Crippen MR) is 141 cm³/mol. The van der Waals surface area contributed by atoms with E-state index in [1.165, 1.54) is 41.0 Å². The summed E-state index contributed by atoms with van der Waals surface area (Å²) in [6.45, 7) is 5.22. The molecule has 0 saturated carbocycles. The summed E-state index contributed by atoms with van der Waals surface area (Å²) in [4.78, 5) is 53.3. The van der Waals surface area contributed by atoms with E-state index in [0.717, 1.165) is 0 Å². The highest BCUT2D eigenvalue weighted by Crippen LogP contribution is 2.40. The Balaban J connectivity index is 1.93. The molecular formula is C25H29N5O7S. The summed E-state index contributed by atoms with van der Waals surface area (Å²) in [5.41, 5.74) is 4.16. The van der Waals surface area contributed by atoms with Gasteiger partial charge in [0.2, 0.25) is 5.91 Å². The number of dihydropyridines is 1. The minimum atomic E-state index is -0.950. The molecule has 0 bridgehead atoms. The second kappa shape index (κ2) is 13.4. The van der Waals surface area contributed by atoms with Gasteiger partial charge in [-0.3, -0.25) is 20.3 Å². The van der Waals surface area contributed by atoms with Gasteiger partial charge in [-0.05, 0) is 26.3 Å². The second-order valence-electron chi connectivity index (χ2n) is 8.09. The molecule has 1 unspecified atom stereocenters. The molecule has 0 spiro atoms. The molecule has 1 atom stereocenters. The zero-order chi connectivity index (χ0) is 27.7. The van der Waals surface area contributed by atoms with Gasteiger partial charge in [0.15, 0.2) is 0 Å². The largest absolute Gasteiger partial charge is 0.463 e. The van der Waals surface area contributed by atoms with Gasteiger partial charge < -0.3 is 14.8 Å². The number of rotatable bonds is 12. The third-order valence-corrected chi connectivity index (χ3v) is 6.51. The van der Waals surface area contributed by atoms with Crippen LogP contribution >= 0.6 is 11.8 Å². The molecule has 13 heteroatoms. The van der Waals surface area contributed by atoms with Gasteiger partial charge in [-0.2, -0.15) is 11.8 Å². The third-order valence-electron chi connectivity index (χ3n) is 5.53. The first-order valence-electron chi connectivity index (χ1n) is 11.9. The highest BCUT2D eigenvalue weighted by Gasteiger charge is 2.39. The topological polar surface area (TPSA) is 155 Å². The number of carbonyl (C=O) groups is 3. The number of aromatic nitrogens is 2. The Morgan fingerprint density at radius 2 is 1.89 bits per heavy atom. The van der Waals surface area contributed by atoms with Crippen LogP contribution in [0.15, 0.2) is 65.5 Å². The number of imidazole rings is 1. The van der Waals surface area contributed by atoms with Crippen molar-refractivity contribution in [3.05, 3.63) is 81.2 Å². The van der Waals surface area contributed by atoms with E-state index in [-0.39, 0.29) is 42.4 Å². The number of ether oxygens (including phenoxy) is 2. The van der Waals surface area contributed by atoms with Gasteiger partial charge in [0, 0.05) is 53.8 Å². The lowest BCUT2D eigenvalue weighted by Gasteiger charge is -2.31. The number of allylic oxidation sites excluding steroid dienone is 1. The zero-order valence-electron chi connectivity index (χ0n) is 21.3. The van der Waals surface area contributed by atoms with Crippen molar-refractivity contribution < 1.29 is 28.8 Å². The molecule has 0 radical (unpaired) electrons. The van der Waals surface area contributed by atoms with Gasteiger partial charge in [0.05, 0.1) is 35.2 Å². The predicted octanol–water partition coefficient (Wildman–Crippen LogP) is 3.03. The lowest BCUT2D eigenvalue weighted by Crippen LogP contribution is -2.34. The molecule has 1 aliphatic heterocycles. The Bertz CT molecular complexity index is 1260. The number of nitro groups is 1. The average molecular weight is 544 g/mol. The standard InChI is InChI=1S/C25H29N5O7S/c1-4-36-24(32)21-16(3)27-19(14-38-12-9-20(31)28-29-11-10-26-15-29)23(25(33)37-5-2)22(21)17-7-6-8-18(13-17)30(34)35/h6-8,10-11,13,15,22,27H,4-5,9,12,14H2,1-3H3,(H,28,31). The molecule has 1 aromatic heterocycles. The second-order valence-corrected chi connectivity index (χ2v) is 9.19. The average Bonchev–Trinajstić information content (AvgIpc) is 3.39. The Labute approximate surface area is 223 Å². The molecule has 2 heterocycles. The van der Waals surface area contributed by atoms with E-state index in [9.17, 15) is 24.5 Å². The van der Waals surface area contributed by atoms with Crippen LogP contribution in [0.2, 0.25) is 0 Å². The fourth-order valence-electron chi connectivity index (χ4n) is 3.96. The molecule has 1 amide bonds. The number of hydrogen-bond acceptors (Lipinski definition) is 10. The Hall–Kier alpha value is -4.13. The van der Waals surface area contributed by atoms with Gasteiger partial charge in [-0.15, -0.1) is 0 Å². The van der Waals surface area contributed by atoms with Crippen LogP contribution in [-0.4, -0.2) is 57.1 Å². The highest BCUT2D eigenvalue weighted by molar-refractivity contribution is 7.99. The van der Waals surface area contributed by atoms with E-state index in [0.29, 0.717) is 28.5 Å². The summed E-state index contributed by atoms with van der Waals surface area (Å²) in [6.07, 6.45) is 4.84. The fraction of sp³-hybridized carbons (Fsp3) is 0.360. The molecule has 2 aromatic rings. The Morgan fingerprint density at radius 3 is 2.53 bits per heavy atom. The number of thioether (sulfide) groups is 1. The van der Waals surface area contributed by atoms with Gasteiger partial charge in [-0.25, -0.2) is 19.2 Å². The van der Waals surface area contributed by atoms with Crippen LogP contribution in [0.25, 0.3) is 0 Å². The maximum absolute atomic E-state index is 13.3. The summed E-state index contributed by atoms with van der Waals surface area (Å²) in [7, 11) is 0. The van der Waals surface area contributed by atoms with Crippen molar-refractivity contribution in [3.8, 4) is 0 Å². The van der Waals surface area contributed by atoms with Gasteiger partial charge in [-0.1, -0.05) is 12.1 Å². The first-order valence-corrected chi connectivity index (χ1v) is 13.1. The smallest absolute Gasteiger partial charge is 0.336 e. The number of esters is 2. The summed E-state index contributed by atoms with van der Waals surface area (Å²) < 4.78 is 12.1. The van der Waals surface area contributed by atoms with Gasteiger partial charge in [0.1, 0.15) is 6.33 Å². The van der Waals surface area contributed by atoms with E-state index in [1.54, 1.807) is 39.2 Å². The molecule has 2 N–H and O–H groups in total. The van der Waals surface area contributed by atoms with Crippen molar-refractivity contribution in [2.75, 3.05) is 30.1 Å². The highest BCUT2D eigenvalue weighted by atomic mass is 32.2. The van der Waals surface area contributed by atoms with Crippen molar-refractivity contribution >= 4 is 35.3 Å². The molecule has 1 aliphatic rings. The number of amides is 1. The van der Waals surface area contributed by atoms with Crippen LogP contribution < -0.4 is 10.7 Å². The molecule has 12 nitrogen and oxygen atoms in total. The lowest BCUT2D eigenvalue weighted by molar-refractivity contribution is -0.384. The summed E-state index contributed by atoms with van der Waals surface area (Å²) in [5.74, 6) is -1.71. The summed E-state index contributed by atoms with van der Waals surface area (Å²) in [6, 6.07) is 5.81. The third kappa shape index (κ3) is 7.00. The maximum atomic E-state index is 13.3. The first kappa shape index (κ1) is 28.4. The fourth-order valence-corrected chi connectivity index (χ4v) is 4.86. The van der Waals surface area contributed by atoms with Crippen LogP contribution in [0.3, 0.4) is 0 Å².